The Kier molecular flexibility index (Phi) is 8.89. The van der Waals surface area contributed by atoms with E-state index in [9.17, 15) is 4.79 Å². The largest absolute Gasteiger partial charge is 0.373 e. The second kappa shape index (κ2) is 10.7. The summed E-state index contributed by atoms with van der Waals surface area (Å²) >= 11 is 0. The van der Waals surface area contributed by atoms with Gasteiger partial charge in [0, 0.05) is 44.7 Å². The molecule has 1 amide bonds. The summed E-state index contributed by atoms with van der Waals surface area (Å²) in [5, 5.41) is 6.81. The number of carbonyl (C=O) groups is 1. The zero-order chi connectivity index (χ0) is 17.6. The Hall–Kier alpha value is -0.610. The lowest BCUT2D eigenvalue weighted by atomic mass is 10.2. The molecule has 0 spiro atoms. The number of ether oxygens (including phenoxy) is 1. The average Bonchev–Trinajstić information content (AvgIpc) is 3.28. The van der Waals surface area contributed by atoms with E-state index in [4.69, 9.17) is 9.73 Å². The molecule has 3 aliphatic rings. The number of halogens is 1. The molecule has 3 atom stereocenters. The Morgan fingerprint density at radius 3 is 2.85 bits per heavy atom. The molecule has 0 radical (unpaired) electrons. The highest BCUT2D eigenvalue weighted by Gasteiger charge is 2.32. The minimum atomic E-state index is 0. The van der Waals surface area contributed by atoms with Crippen LogP contribution in [0.1, 0.15) is 39.5 Å². The molecular formula is C18H34IN5O2. The van der Waals surface area contributed by atoms with Gasteiger partial charge in [-0.05, 0) is 32.7 Å². The minimum Gasteiger partial charge on any atom is -0.373 e. The lowest BCUT2D eigenvalue weighted by molar-refractivity contribution is -0.129. The molecule has 0 aromatic heterocycles. The van der Waals surface area contributed by atoms with Gasteiger partial charge in [0.2, 0.25) is 5.91 Å². The van der Waals surface area contributed by atoms with Gasteiger partial charge in [0.05, 0.1) is 19.3 Å². The van der Waals surface area contributed by atoms with E-state index in [-0.39, 0.29) is 42.0 Å². The SMILES string of the molecule is CCNC(=NCC1CN2CCCC2CO1)NC1CCN(C(=O)CC)C1.I. The third-order valence-corrected chi connectivity index (χ3v) is 5.44. The van der Waals surface area contributed by atoms with Crippen molar-refractivity contribution in [2.24, 2.45) is 4.99 Å². The summed E-state index contributed by atoms with van der Waals surface area (Å²) in [6.45, 7) is 10.2. The number of rotatable bonds is 5. The van der Waals surface area contributed by atoms with Gasteiger partial charge >= 0.3 is 0 Å². The number of nitrogens with one attached hydrogen (secondary N) is 2. The summed E-state index contributed by atoms with van der Waals surface area (Å²) in [5.74, 6) is 1.08. The fraction of sp³-hybridized carbons (Fsp3) is 0.889. The molecule has 0 saturated carbocycles. The highest BCUT2D eigenvalue weighted by atomic mass is 127. The third-order valence-electron chi connectivity index (χ3n) is 5.44. The highest BCUT2D eigenvalue weighted by Crippen LogP contribution is 2.22. The van der Waals surface area contributed by atoms with Gasteiger partial charge in [-0.1, -0.05) is 6.92 Å². The molecule has 3 unspecified atom stereocenters. The van der Waals surface area contributed by atoms with Crippen molar-refractivity contribution in [3.05, 3.63) is 0 Å². The van der Waals surface area contributed by atoms with Crippen molar-refractivity contribution in [1.29, 1.82) is 0 Å². The van der Waals surface area contributed by atoms with Crippen LogP contribution in [0, 0.1) is 0 Å². The summed E-state index contributed by atoms with van der Waals surface area (Å²) in [5.41, 5.74) is 0. The number of aliphatic imine (C=N–C) groups is 1. The van der Waals surface area contributed by atoms with Crippen LogP contribution in [0.3, 0.4) is 0 Å². The van der Waals surface area contributed by atoms with Crippen LogP contribution in [-0.4, -0.2) is 85.7 Å². The van der Waals surface area contributed by atoms with Crippen LogP contribution in [-0.2, 0) is 9.53 Å². The van der Waals surface area contributed by atoms with Gasteiger partial charge in [-0.3, -0.25) is 14.7 Å². The van der Waals surface area contributed by atoms with Crippen molar-refractivity contribution < 1.29 is 9.53 Å². The second-order valence-electron chi connectivity index (χ2n) is 7.29. The summed E-state index contributed by atoms with van der Waals surface area (Å²) in [7, 11) is 0. The number of fused-ring (bicyclic) bond motifs is 1. The molecule has 0 aromatic rings. The number of hydrogen-bond donors (Lipinski definition) is 2. The van der Waals surface area contributed by atoms with E-state index in [0.717, 1.165) is 45.2 Å². The van der Waals surface area contributed by atoms with E-state index in [1.807, 2.05) is 11.8 Å². The highest BCUT2D eigenvalue weighted by molar-refractivity contribution is 14.0. The van der Waals surface area contributed by atoms with Crippen LogP contribution in [0.2, 0.25) is 0 Å². The summed E-state index contributed by atoms with van der Waals surface area (Å²) in [6, 6.07) is 0.913. The minimum absolute atomic E-state index is 0. The zero-order valence-corrected chi connectivity index (χ0v) is 18.4. The van der Waals surface area contributed by atoms with E-state index < -0.39 is 0 Å². The van der Waals surface area contributed by atoms with E-state index >= 15 is 0 Å². The fourth-order valence-electron chi connectivity index (χ4n) is 4.03. The van der Waals surface area contributed by atoms with Crippen molar-refractivity contribution >= 4 is 35.8 Å². The van der Waals surface area contributed by atoms with Crippen molar-refractivity contribution in [2.75, 3.05) is 45.9 Å². The van der Waals surface area contributed by atoms with Gasteiger partial charge < -0.3 is 20.3 Å². The number of amides is 1. The monoisotopic (exact) mass is 479 g/mol. The quantitative estimate of drug-likeness (QED) is 0.351. The number of guanidine groups is 1. The zero-order valence-electron chi connectivity index (χ0n) is 16.1. The van der Waals surface area contributed by atoms with Crippen molar-refractivity contribution in [3.8, 4) is 0 Å². The van der Waals surface area contributed by atoms with Gasteiger partial charge in [-0.25, -0.2) is 0 Å². The molecule has 7 nitrogen and oxygen atoms in total. The molecule has 0 aliphatic carbocycles. The molecule has 26 heavy (non-hydrogen) atoms. The lowest BCUT2D eigenvalue weighted by Crippen LogP contribution is -2.48. The molecule has 2 N–H and O–H groups in total. The number of nitrogens with zero attached hydrogens (tertiary/aromatic N) is 3. The maximum atomic E-state index is 11.8. The fourth-order valence-corrected chi connectivity index (χ4v) is 4.03. The smallest absolute Gasteiger partial charge is 0.222 e. The molecule has 8 heteroatoms. The lowest BCUT2D eigenvalue weighted by Gasteiger charge is -2.34. The number of morpholine rings is 1. The summed E-state index contributed by atoms with van der Waals surface area (Å²) in [4.78, 5) is 21.1. The Morgan fingerprint density at radius 1 is 1.23 bits per heavy atom. The Bertz CT molecular complexity index is 490. The van der Waals surface area contributed by atoms with Gasteiger partial charge in [0.15, 0.2) is 5.96 Å². The standard InChI is InChI=1S/C18H33N5O2.HI/c1-3-17(24)23-9-7-14(11-23)21-18(19-4-2)20-10-16-12-22-8-5-6-15(22)13-25-16;/h14-16H,3-13H2,1-2H3,(H2,19,20,21);1H. The molecule has 3 rings (SSSR count). The maximum absolute atomic E-state index is 11.8. The van der Waals surface area contributed by atoms with E-state index in [1.54, 1.807) is 0 Å². The molecule has 0 bridgehead atoms. The van der Waals surface area contributed by atoms with Crippen LogP contribution in [0.25, 0.3) is 0 Å². The average molecular weight is 479 g/mol. The maximum Gasteiger partial charge on any atom is 0.222 e. The van der Waals surface area contributed by atoms with Crippen LogP contribution in [0.5, 0.6) is 0 Å². The van der Waals surface area contributed by atoms with Crippen LogP contribution < -0.4 is 10.6 Å². The van der Waals surface area contributed by atoms with Gasteiger partial charge in [0.1, 0.15) is 0 Å². The van der Waals surface area contributed by atoms with Crippen LogP contribution >= 0.6 is 24.0 Å². The molecule has 0 aromatic carbocycles. The van der Waals surface area contributed by atoms with Crippen molar-refractivity contribution in [2.45, 2.75) is 57.7 Å². The first kappa shape index (κ1) is 21.7. The molecular weight excluding hydrogens is 445 g/mol. The first-order valence-electron chi connectivity index (χ1n) is 9.87. The van der Waals surface area contributed by atoms with Crippen molar-refractivity contribution in [1.82, 2.24) is 20.4 Å². The van der Waals surface area contributed by atoms with E-state index in [2.05, 4.69) is 22.5 Å². The predicted molar refractivity (Wildman–Crippen MR) is 114 cm³/mol. The Labute approximate surface area is 174 Å². The van der Waals surface area contributed by atoms with Gasteiger partial charge in [-0.15, -0.1) is 24.0 Å². The Balaban J connectivity index is 0.00000243. The topological polar surface area (TPSA) is 69.2 Å². The molecule has 3 fully saturated rings. The van der Waals surface area contributed by atoms with E-state index in [1.165, 1.54) is 19.4 Å². The third kappa shape index (κ3) is 5.69. The first-order valence-corrected chi connectivity index (χ1v) is 9.87. The molecule has 3 heterocycles. The normalized spacial score (nSPS) is 29.2. The van der Waals surface area contributed by atoms with Gasteiger partial charge in [-0.2, -0.15) is 0 Å². The molecule has 150 valence electrons. The summed E-state index contributed by atoms with van der Waals surface area (Å²) < 4.78 is 6.00. The van der Waals surface area contributed by atoms with Crippen LogP contribution in [0.4, 0.5) is 0 Å². The van der Waals surface area contributed by atoms with Crippen LogP contribution in [0.15, 0.2) is 4.99 Å². The molecule has 3 saturated heterocycles. The number of hydrogen-bond acceptors (Lipinski definition) is 4. The molecule has 3 aliphatic heterocycles. The van der Waals surface area contributed by atoms with Gasteiger partial charge in [0.25, 0.3) is 0 Å². The summed E-state index contributed by atoms with van der Waals surface area (Å²) in [6.07, 6.45) is 4.31. The number of likely N-dealkylation sites (tertiary alicyclic amines) is 1. The Morgan fingerprint density at radius 2 is 2.08 bits per heavy atom. The van der Waals surface area contributed by atoms with E-state index in [0.29, 0.717) is 19.0 Å². The van der Waals surface area contributed by atoms with Crippen molar-refractivity contribution in [3.63, 3.8) is 0 Å². The number of carbonyl (C=O) groups excluding carboxylic acids is 1. The first-order chi connectivity index (χ1) is 12.2. The predicted octanol–water partition coefficient (Wildman–Crippen LogP) is 1.03. The second-order valence-corrected chi connectivity index (χ2v) is 7.29.